The van der Waals surface area contributed by atoms with Gasteiger partial charge in [0.25, 0.3) is 0 Å². The van der Waals surface area contributed by atoms with Gasteiger partial charge < -0.3 is 0 Å². The molecule has 3 unspecified atom stereocenters. The summed E-state index contributed by atoms with van der Waals surface area (Å²) in [5.74, 6) is 3.07. The highest BCUT2D eigenvalue weighted by atomic mass is 16.1. The zero-order valence-electron chi connectivity index (χ0n) is 7.18. The summed E-state index contributed by atoms with van der Waals surface area (Å²) in [6.07, 6.45) is 5.66. The Kier molecular flexibility index (Phi) is 1.74. The van der Waals surface area contributed by atoms with Crippen LogP contribution in [-0.4, -0.2) is 5.78 Å². The van der Waals surface area contributed by atoms with E-state index >= 15 is 0 Å². The Labute approximate surface area is 68.2 Å². The number of carbonyl (C=O) groups is 1. The van der Waals surface area contributed by atoms with Crippen molar-refractivity contribution in [3.63, 3.8) is 0 Å². The predicted octanol–water partition coefficient (Wildman–Crippen LogP) is 2.40. The molecule has 3 atom stereocenters. The average molecular weight is 152 g/mol. The summed E-state index contributed by atoms with van der Waals surface area (Å²) in [4.78, 5) is 11.1. The second-order valence-corrected chi connectivity index (χ2v) is 4.38. The molecular weight excluding hydrogens is 136 g/mol. The third-order valence-corrected chi connectivity index (χ3v) is 3.36. The maximum absolute atomic E-state index is 11.1. The Balaban J connectivity index is 2.02. The van der Waals surface area contributed by atoms with Gasteiger partial charge in [0, 0.05) is 12.8 Å². The zero-order valence-corrected chi connectivity index (χ0v) is 7.18. The van der Waals surface area contributed by atoms with Gasteiger partial charge in [-0.05, 0) is 37.0 Å². The molecule has 0 aromatic carbocycles. The van der Waals surface area contributed by atoms with Gasteiger partial charge in [-0.25, -0.2) is 0 Å². The number of hydrogen-bond acceptors (Lipinski definition) is 1. The predicted molar refractivity (Wildman–Crippen MR) is 44.2 cm³/mol. The lowest BCUT2D eigenvalue weighted by atomic mass is 9.81. The summed E-state index contributed by atoms with van der Waals surface area (Å²) in [7, 11) is 0. The normalized spacial score (nSPS) is 44.1. The van der Waals surface area contributed by atoms with Crippen molar-refractivity contribution in [2.75, 3.05) is 0 Å². The summed E-state index contributed by atoms with van der Waals surface area (Å²) < 4.78 is 0. The van der Waals surface area contributed by atoms with Crippen molar-refractivity contribution in [1.82, 2.24) is 0 Å². The van der Waals surface area contributed by atoms with Crippen LogP contribution in [0.15, 0.2) is 0 Å². The Hall–Kier alpha value is -0.330. The van der Waals surface area contributed by atoms with E-state index in [1.165, 1.54) is 19.3 Å². The molecule has 2 aliphatic rings. The topological polar surface area (TPSA) is 17.1 Å². The van der Waals surface area contributed by atoms with E-state index in [0.717, 1.165) is 30.6 Å². The van der Waals surface area contributed by atoms with Gasteiger partial charge in [-0.15, -0.1) is 0 Å². The van der Waals surface area contributed by atoms with E-state index in [2.05, 4.69) is 6.92 Å². The average Bonchev–Trinajstić information content (AvgIpc) is 2.27. The second kappa shape index (κ2) is 2.62. The molecule has 0 aliphatic heterocycles. The SMILES string of the molecule is CC1CC2CCC(=O)CC2C1. The molecule has 2 aliphatic carbocycles. The minimum absolute atomic E-state index is 0.514. The van der Waals surface area contributed by atoms with Crippen molar-refractivity contribution in [3.05, 3.63) is 0 Å². The van der Waals surface area contributed by atoms with Crippen molar-refractivity contribution in [3.8, 4) is 0 Å². The van der Waals surface area contributed by atoms with Crippen molar-refractivity contribution in [2.24, 2.45) is 17.8 Å². The number of fused-ring (bicyclic) bond motifs is 1. The maximum atomic E-state index is 11.1. The molecule has 0 aromatic rings. The van der Waals surface area contributed by atoms with Crippen molar-refractivity contribution >= 4 is 5.78 Å². The zero-order chi connectivity index (χ0) is 7.84. The number of ketones is 1. The molecule has 0 radical (unpaired) electrons. The van der Waals surface area contributed by atoms with Crippen LogP contribution in [-0.2, 0) is 4.79 Å². The van der Waals surface area contributed by atoms with Crippen LogP contribution in [0.3, 0.4) is 0 Å². The number of hydrogen-bond donors (Lipinski definition) is 0. The van der Waals surface area contributed by atoms with E-state index in [-0.39, 0.29) is 0 Å². The molecule has 2 fully saturated rings. The molecule has 0 N–H and O–H groups in total. The van der Waals surface area contributed by atoms with Crippen molar-refractivity contribution in [1.29, 1.82) is 0 Å². The monoisotopic (exact) mass is 152 g/mol. The summed E-state index contributed by atoms with van der Waals surface area (Å²) in [6, 6.07) is 0. The van der Waals surface area contributed by atoms with Crippen LogP contribution in [0.2, 0.25) is 0 Å². The molecule has 0 saturated heterocycles. The van der Waals surface area contributed by atoms with Gasteiger partial charge in [0.05, 0.1) is 0 Å². The van der Waals surface area contributed by atoms with Crippen LogP contribution in [0.25, 0.3) is 0 Å². The van der Waals surface area contributed by atoms with E-state index in [1.54, 1.807) is 0 Å². The molecule has 1 heteroatoms. The number of Topliss-reactive ketones (excluding diaryl/α,β-unsaturated/α-hetero) is 1. The summed E-state index contributed by atoms with van der Waals surface area (Å²) in [5, 5.41) is 0. The Morgan fingerprint density at radius 2 is 2.00 bits per heavy atom. The lowest BCUT2D eigenvalue weighted by Crippen LogP contribution is -2.19. The fourth-order valence-corrected chi connectivity index (χ4v) is 2.86. The van der Waals surface area contributed by atoms with Gasteiger partial charge >= 0.3 is 0 Å². The highest BCUT2D eigenvalue weighted by Crippen LogP contribution is 2.43. The molecule has 0 heterocycles. The smallest absolute Gasteiger partial charge is 0.133 e. The van der Waals surface area contributed by atoms with Gasteiger partial charge in [0.2, 0.25) is 0 Å². The fraction of sp³-hybridized carbons (Fsp3) is 0.900. The molecule has 11 heavy (non-hydrogen) atoms. The Morgan fingerprint density at radius 3 is 2.82 bits per heavy atom. The lowest BCUT2D eigenvalue weighted by molar-refractivity contribution is -0.122. The molecule has 1 nitrogen and oxygen atoms in total. The van der Waals surface area contributed by atoms with Crippen molar-refractivity contribution in [2.45, 2.75) is 39.0 Å². The van der Waals surface area contributed by atoms with Gasteiger partial charge in [0.1, 0.15) is 5.78 Å². The number of carbonyl (C=O) groups excluding carboxylic acids is 1. The van der Waals surface area contributed by atoms with Crippen molar-refractivity contribution < 1.29 is 4.79 Å². The molecule has 0 spiro atoms. The van der Waals surface area contributed by atoms with Crippen LogP contribution in [0.1, 0.15) is 39.0 Å². The largest absolute Gasteiger partial charge is 0.300 e. The molecule has 0 amide bonds. The Morgan fingerprint density at radius 1 is 1.27 bits per heavy atom. The quantitative estimate of drug-likeness (QED) is 0.521. The standard InChI is InChI=1S/C10H16O/c1-7-4-8-2-3-10(11)6-9(8)5-7/h7-9H,2-6H2,1H3. The first-order chi connectivity index (χ1) is 5.25. The summed E-state index contributed by atoms with van der Waals surface area (Å²) in [6.45, 7) is 2.32. The highest BCUT2D eigenvalue weighted by Gasteiger charge is 2.35. The third kappa shape index (κ3) is 1.33. The fourth-order valence-electron chi connectivity index (χ4n) is 2.86. The van der Waals surface area contributed by atoms with E-state index in [4.69, 9.17) is 0 Å². The molecule has 2 rings (SSSR count). The van der Waals surface area contributed by atoms with E-state index in [0.29, 0.717) is 5.78 Å². The van der Waals surface area contributed by atoms with E-state index < -0.39 is 0 Å². The first kappa shape index (κ1) is 7.33. The summed E-state index contributed by atoms with van der Waals surface area (Å²) in [5.41, 5.74) is 0. The third-order valence-electron chi connectivity index (χ3n) is 3.36. The molecule has 0 bridgehead atoms. The van der Waals surface area contributed by atoms with Gasteiger partial charge in [0.15, 0.2) is 0 Å². The van der Waals surface area contributed by atoms with Crippen LogP contribution in [0, 0.1) is 17.8 Å². The molecule has 62 valence electrons. The van der Waals surface area contributed by atoms with Crippen LogP contribution >= 0.6 is 0 Å². The van der Waals surface area contributed by atoms with Gasteiger partial charge in [-0.1, -0.05) is 6.92 Å². The lowest BCUT2D eigenvalue weighted by Gasteiger charge is -2.23. The first-order valence-corrected chi connectivity index (χ1v) is 4.77. The van der Waals surface area contributed by atoms with E-state index in [1.807, 2.05) is 0 Å². The van der Waals surface area contributed by atoms with Crippen LogP contribution < -0.4 is 0 Å². The number of rotatable bonds is 0. The highest BCUT2D eigenvalue weighted by molar-refractivity contribution is 5.79. The van der Waals surface area contributed by atoms with E-state index in [9.17, 15) is 4.79 Å². The maximum Gasteiger partial charge on any atom is 0.133 e. The first-order valence-electron chi connectivity index (χ1n) is 4.77. The molecule has 0 aromatic heterocycles. The van der Waals surface area contributed by atoms with Gasteiger partial charge in [-0.3, -0.25) is 4.79 Å². The minimum Gasteiger partial charge on any atom is -0.300 e. The summed E-state index contributed by atoms with van der Waals surface area (Å²) >= 11 is 0. The Bertz CT molecular complexity index is 174. The van der Waals surface area contributed by atoms with Gasteiger partial charge in [-0.2, -0.15) is 0 Å². The molecule has 2 saturated carbocycles. The van der Waals surface area contributed by atoms with Crippen LogP contribution in [0.5, 0.6) is 0 Å². The minimum atomic E-state index is 0.514. The molecular formula is C10H16O. The second-order valence-electron chi connectivity index (χ2n) is 4.38. The van der Waals surface area contributed by atoms with Crippen LogP contribution in [0.4, 0.5) is 0 Å².